The quantitative estimate of drug-likeness (QED) is 0.901. The van der Waals surface area contributed by atoms with Gasteiger partial charge in [-0.1, -0.05) is 23.7 Å². The normalized spacial score (nSPS) is 13.0. The number of alkyl halides is 3. The van der Waals surface area contributed by atoms with Crippen LogP contribution in [0.2, 0.25) is 5.02 Å². The number of anilines is 2. The zero-order chi connectivity index (χ0) is 15.6. The molecule has 0 fully saturated rings. The van der Waals surface area contributed by atoms with Gasteiger partial charge in [0.15, 0.2) is 5.69 Å². The van der Waals surface area contributed by atoms with E-state index in [9.17, 15) is 13.2 Å². The molecule has 0 aliphatic heterocycles. The predicted octanol–water partition coefficient (Wildman–Crippen LogP) is 3.90. The second-order valence-electron chi connectivity index (χ2n) is 4.41. The zero-order valence-electron chi connectivity index (χ0n) is 10.9. The molecule has 0 spiro atoms. The van der Waals surface area contributed by atoms with Crippen molar-refractivity contribution in [3.8, 4) is 0 Å². The van der Waals surface area contributed by atoms with Crippen LogP contribution in [0.25, 0.3) is 0 Å². The highest BCUT2D eigenvalue weighted by Crippen LogP contribution is 2.30. The summed E-state index contributed by atoms with van der Waals surface area (Å²) in [5.74, 6) is -0.423. The summed E-state index contributed by atoms with van der Waals surface area (Å²) in [4.78, 5) is 6.94. The summed E-state index contributed by atoms with van der Waals surface area (Å²) in [7, 11) is 0. The van der Waals surface area contributed by atoms with E-state index in [0.29, 0.717) is 5.02 Å². The maximum atomic E-state index is 12.7. The third-order valence-electron chi connectivity index (χ3n) is 2.77. The molecule has 1 aromatic heterocycles. The molecule has 3 N–H and O–H groups in total. The fraction of sp³-hybridized carbons (Fsp3) is 0.231. The van der Waals surface area contributed by atoms with Gasteiger partial charge in [0.2, 0.25) is 5.95 Å². The molecule has 1 unspecified atom stereocenters. The van der Waals surface area contributed by atoms with Gasteiger partial charge in [0, 0.05) is 17.1 Å². The number of benzene rings is 1. The molecule has 1 aromatic carbocycles. The number of nitrogen functional groups attached to an aromatic ring is 1. The van der Waals surface area contributed by atoms with E-state index in [4.69, 9.17) is 17.3 Å². The standard InChI is InChI=1S/C13H12ClF3N4/c1-7(8-2-4-9(14)5-3-8)19-11-6-10(13(15,16)17)20-12(18)21-11/h2-7H,1H3,(H3,18,19,20,21). The number of hydrogen-bond acceptors (Lipinski definition) is 4. The monoisotopic (exact) mass is 316 g/mol. The summed E-state index contributed by atoms with van der Waals surface area (Å²) in [6.07, 6.45) is -4.57. The topological polar surface area (TPSA) is 63.8 Å². The van der Waals surface area contributed by atoms with Crippen LogP contribution in [0.4, 0.5) is 24.9 Å². The van der Waals surface area contributed by atoms with Gasteiger partial charge in [-0.3, -0.25) is 0 Å². The van der Waals surface area contributed by atoms with Crippen LogP contribution >= 0.6 is 11.6 Å². The van der Waals surface area contributed by atoms with E-state index < -0.39 is 17.8 Å². The number of nitrogens with two attached hydrogens (primary N) is 1. The lowest BCUT2D eigenvalue weighted by Gasteiger charge is -2.16. The number of aromatic nitrogens is 2. The Kier molecular flexibility index (Phi) is 4.22. The molecular weight excluding hydrogens is 305 g/mol. The minimum Gasteiger partial charge on any atom is -0.368 e. The van der Waals surface area contributed by atoms with Gasteiger partial charge >= 0.3 is 6.18 Å². The van der Waals surface area contributed by atoms with Gasteiger partial charge < -0.3 is 11.1 Å². The molecule has 8 heteroatoms. The van der Waals surface area contributed by atoms with Crippen LogP contribution < -0.4 is 11.1 Å². The Hall–Kier alpha value is -2.02. The predicted molar refractivity (Wildman–Crippen MR) is 74.9 cm³/mol. The van der Waals surface area contributed by atoms with Gasteiger partial charge in [-0.15, -0.1) is 0 Å². The molecule has 0 saturated carbocycles. The average molecular weight is 317 g/mol. The molecule has 2 aromatic rings. The Bertz CT molecular complexity index is 628. The lowest BCUT2D eigenvalue weighted by atomic mass is 10.1. The first-order valence-electron chi connectivity index (χ1n) is 5.99. The number of hydrogen-bond donors (Lipinski definition) is 2. The molecule has 4 nitrogen and oxygen atoms in total. The molecule has 0 saturated heterocycles. The van der Waals surface area contributed by atoms with Crippen molar-refractivity contribution in [3.05, 3.63) is 46.6 Å². The third kappa shape index (κ3) is 3.98. The van der Waals surface area contributed by atoms with Gasteiger partial charge in [0.25, 0.3) is 0 Å². The van der Waals surface area contributed by atoms with Crippen LogP contribution in [0, 0.1) is 0 Å². The molecular formula is C13H12ClF3N4. The van der Waals surface area contributed by atoms with Crippen LogP contribution in [-0.4, -0.2) is 9.97 Å². The summed E-state index contributed by atoms with van der Waals surface area (Å²) < 4.78 is 38.0. The maximum Gasteiger partial charge on any atom is 0.433 e. The first-order chi connectivity index (χ1) is 9.75. The van der Waals surface area contributed by atoms with Crippen molar-refractivity contribution >= 4 is 23.4 Å². The van der Waals surface area contributed by atoms with E-state index in [-0.39, 0.29) is 11.9 Å². The smallest absolute Gasteiger partial charge is 0.368 e. The molecule has 1 heterocycles. The second-order valence-corrected chi connectivity index (χ2v) is 4.85. The van der Waals surface area contributed by atoms with Gasteiger partial charge in [-0.25, -0.2) is 4.98 Å². The maximum absolute atomic E-state index is 12.7. The van der Waals surface area contributed by atoms with Crippen molar-refractivity contribution < 1.29 is 13.2 Å². The van der Waals surface area contributed by atoms with Gasteiger partial charge in [-0.2, -0.15) is 18.2 Å². The third-order valence-corrected chi connectivity index (χ3v) is 3.02. The van der Waals surface area contributed by atoms with Gasteiger partial charge in [0.1, 0.15) is 5.82 Å². The lowest BCUT2D eigenvalue weighted by molar-refractivity contribution is -0.141. The number of halogens is 4. The van der Waals surface area contributed by atoms with E-state index in [1.807, 2.05) is 0 Å². The number of nitrogens with one attached hydrogen (secondary N) is 1. The molecule has 0 amide bonds. The van der Waals surface area contributed by atoms with E-state index in [1.165, 1.54) is 0 Å². The molecule has 21 heavy (non-hydrogen) atoms. The highest BCUT2D eigenvalue weighted by Gasteiger charge is 2.33. The van der Waals surface area contributed by atoms with Crippen molar-refractivity contribution in [2.75, 3.05) is 11.1 Å². The molecule has 0 radical (unpaired) electrons. The molecule has 1 atom stereocenters. The molecule has 0 bridgehead atoms. The molecule has 0 aliphatic carbocycles. The molecule has 2 rings (SSSR count). The van der Waals surface area contributed by atoms with E-state index in [1.54, 1.807) is 31.2 Å². The van der Waals surface area contributed by atoms with Gasteiger partial charge in [-0.05, 0) is 24.6 Å². The van der Waals surface area contributed by atoms with E-state index in [2.05, 4.69) is 15.3 Å². The van der Waals surface area contributed by atoms with Gasteiger partial charge in [0.05, 0.1) is 0 Å². The highest BCUT2D eigenvalue weighted by atomic mass is 35.5. The fourth-order valence-electron chi connectivity index (χ4n) is 1.74. The van der Waals surface area contributed by atoms with Crippen LogP contribution in [-0.2, 0) is 6.18 Å². The Labute approximate surface area is 124 Å². The number of nitrogens with zero attached hydrogens (tertiary/aromatic N) is 2. The fourth-order valence-corrected chi connectivity index (χ4v) is 1.87. The van der Waals surface area contributed by atoms with Crippen molar-refractivity contribution in [3.63, 3.8) is 0 Å². The number of rotatable bonds is 3. The minimum atomic E-state index is -4.57. The minimum absolute atomic E-state index is 0.0114. The first-order valence-corrected chi connectivity index (χ1v) is 6.37. The van der Waals surface area contributed by atoms with E-state index >= 15 is 0 Å². The summed E-state index contributed by atoms with van der Waals surface area (Å²) in [5, 5.41) is 3.44. The average Bonchev–Trinajstić information content (AvgIpc) is 2.37. The summed E-state index contributed by atoms with van der Waals surface area (Å²) in [5.41, 5.74) is 5.08. The van der Waals surface area contributed by atoms with E-state index in [0.717, 1.165) is 11.6 Å². The SMILES string of the molecule is CC(Nc1cc(C(F)(F)F)nc(N)n1)c1ccc(Cl)cc1. The van der Waals surface area contributed by atoms with Crippen LogP contribution in [0.5, 0.6) is 0 Å². The van der Waals surface area contributed by atoms with Crippen LogP contribution in [0.15, 0.2) is 30.3 Å². The van der Waals surface area contributed by atoms with Crippen LogP contribution in [0.3, 0.4) is 0 Å². The van der Waals surface area contributed by atoms with Crippen molar-refractivity contribution in [2.24, 2.45) is 0 Å². The Morgan fingerprint density at radius 1 is 1.19 bits per heavy atom. The van der Waals surface area contributed by atoms with Crippen molar-refractivity contribution in [2.45, 2.75) is 19.1 Å². The second kappa shape index (κ2) is 5.77. The largest absolute Gasteiger partial charge is 0.433 e. The highest BCUT2D eigenvalue weighted by molar-refractivity contribution is 6.30. The summed E-state index contributed by atoms with van der Waals surface area (Å²) in [6.45, 7) is 1.79. The summed E-state index contributed by atoms with van der Waals surface area (Å²) in [6, 6.07) is 7.50. The first kappa shape index (κ1) is 15.4. The van der Waals surface area contributed by atoms with Crippen molar-refractivity contribution in [1.82, 2.24) is 9.97 Å². The molecule has 112 valence electrons. The Balaban J connectivity index is 2.23. The molecule has 0 aliphatic rings. The van der Waals surface area contributed by atoms with Crippen LogP contribution in [0.1, 0.15) is 24.2 Å². The Morgan fingerprint density at radius 2 is 1.81 bits per heavy atom. The Morgan fingerprint density at radius 3 is 2.38 bits per heavy atom. The lowest BCUT2D eigenvalue weighted by Crippen LogP contribution is -2.14. The van der Waals surface area contributed by atoms with Crippen molar-refractivity contribution in [1.29, 1.82) is 0 Å². The summed E-state index contributed by atoms with van der Waals surface area (Å²) >= 11 is 5.79. The zero-order valence-corrected chi connectivity index (χ0v) is 11.7.